The Labute approximate surface area is 215 Å². The molecule has 0 saturated carbocycles. The largest absolute Gasteiger partial charge is 0.467 e. The smallest absolute Gasteiger partial charge is 0.411 e. The van der Waals surface area contributed by atoms with Gasteiger partial charge in [0.15, 0.2) is 5.65 Å². The van der Waals surface area contributed by atoms with Gasteiger partial charge >= 0.3 is 12.1 Å². The number of methoxy groups -OCH3 is 1. The minimum atomic E-state index is -4.70. The van der Waals surface area contributed by atoms with Crippen LogP contribution in [0.4, 0.5) is 27.6 Å². The third kappa shape index (κ3) is 5.54. The Morgan fingerprint density at radius 1 is 1.27 bits per heavy atom. The number of anilines is 1. The third-order valence-corrected chi connectivity index (χ3v) is 6.50. The monoisotopic (exact) mass is 590 g/mol. The first-order chi connectivity index (χ1) is 17.5. The highest BCUT2D eigenvalue weighted by Gasteiger charge is 2.45. The molecule has 3 heterocycles. The van der Waals surface area contributed by atoms with Crippen molar-refractivity contribution in [1.82, 2.24) is 14.7 Å². The Bertz CT molecular complexity index is 1310. The van der Waals surface area contributed by atoms with E-state index in [-0.39, 0.29) is 25.3 Å². The van der Waals surface area contributed by atoms with Crippen molar-refractivity contribution in [3.05, 3.63) is 64.0 Å². The first-order valence-electron chi connectivity index (χ1n) is 10.9. The highest BCUT2D eigenvalue weighted by atomic mass is 79.9. The molecule has 198 valence electrons. The predicted octanol–water partition coefficient (Wildman–Crippen LogP) is 3.66. The van der Waals surface area contributed by atoms with Gasteiger partial charge in [0.1, 0.15) is 29.3 Å². The van der Waals surface area contributed by atoms with Crippen molar-refractivity contribution >= 4 is 39.1 Å². The van der Waals surface area contributed by atoms with Crippen LogP contribution in [0.3, 0.4) is 0 Å². The van der Waals surface area contributed by atoms with Crippen molar-refractivity contribution in [1.29, 1.82) is 0 Å². The summed E-state index contributed by atoms with van der Waals surface area (Å²) < 4.78 is 82.0. The summed E-state index contributed by atoms with van der Waals surface area (Å²) in [6.45, 7) is -1.02. The maximum atomic E-state index is 14.9. The van der Waals surface area contributed by atoms with Crippen molar-refractivity contribution in [2.24, 2.45) is 0 Å². The first kappa shape index (κ1) is 26.8. The number of fused-ring (bicyclic) bond motifs is 1. The number of nitrogens with one attached hydrogen (secondary N) is 1. The quantitative estimate of drug-likeness (QED) is 0.348. The number of carbonyl (C=O) groups is 2. The van der Waals surface area contributed by atoms with Gasteiger partial charge in [-0.25, -0.2) is 18.6 Å². The SMILES string of the molecule is COC(=O)[C@H](Cc1ccc(Br)c2nccn12)NC(=O)c1c(F)cc(N2CCOC[C@@H]2C(F)(F)F)cc1F. The predicted molar refractivity (Wildman–Crippen MR) is 124 cm³/mol. The van der Waals surface area contributed by atoms with Crippen LogP contribution in [0.1, 0.15) is 16.1 Å². The normalized spacial score (nSPS) is 17.1. The maximum absolute atomic E-state index is 14.9. The molecule has 2 aromatic heterocycles. The van der Waals surface area contributed by atoms with Crippen molar-refractivity contribution in [2.75, 3.05) is 31.8 Å². The van der Waals surface area contributed by atoms with Gasteiger partial charge in [-0.3, -0.25) is 4.79 Å². The molecule has 14 heteroatoms. The maximum Gasteiger partial charge on any atom is 0.411 e. The molecule has 0 spiro atoms. The van der Waals surface area contributed by atoms with E-state index >= 15 is 0 Å². The third-order valence-electron chi connectivity index (χ3n) is 5.88. The Balaban J connectivity index is 1.60. The fraction of sp³-hybridized carbons (Fsp3) is 0.348. The molecule has 1 aromatic carbocycles. The molecule has 1 N–H and O–H groups in total. The molecule has 0 unspecified atom stereocenters. The van der Waals surface area contributed by atoms with Crippen molar-refractivity contribution in [2.45, 2.75) is 24.7 Å². The molecule has 4 rings (SSSR count). The Morgan fingerprint density at radius 2 is 1.97 bits per heavy atom. The van der Waals surface area contributed by atoms with Crippen LogP contribution in [-0.2, 0) is 20.7 Å². The van der Waals surface area contributed by atoms with E-state index in [1.807, 2.05) is 0 Å². The number of imidazole rings is 1. The molecule has 0 bridgehead atoms. The number of morpholine rings is 1. The second kappa shape index (κ2) is 10.6. The number of hydrogen-bond acceptors (Lipinski definition) is 6. The van der Waals surface area contributed by atoms with Crippen LogP contribution >= 0.6 is 15.9 Å². The highest BCUT2D eigenvalue weighted by molar-refractivity contribution is 9.10. The van der Waals surface area contributed by atoms with Crippen LogP contribution in [0.25, 0.3) is 5.65 Å². The molecule has 0 radical (unpaired) electrons. The lowest BCUT2D eigenvalue weighted by molar-refractivity contribution is -0.167. The highest BCUT2D eigenvalue weighted by Crippen LogP contribution is 2.32. The molecule has 0 aliphatic carbocycles. The van der Waals surface area contributed by atoms with Crippen LogP contribution in [0.2, 0.25) is 0 Å². The van der Waals surface area contributed by atoms with Crippen LogP contribution in [0, 0.1) is 11.6 Å². The van der Waals surface area contributed by atoms with Gasteiger partial charge in [-0.05, 0) is 40.2 Å². The summed E-state index contributed by atoms with van der Waals surface area (Å²) in [5.74, 6) is -4.91. The Kier molecular flexibility index (Phi) is 7.69. The zero-order valence-corrected chi connectivity index (χ0v) is 20.8. The molecule has 1 aliphatic heterocycles. The van der Waals surface area contributed by atoms with E-state index in [0.717, 1.165) is 12.0 Å². The number of ether oxygens (including phenoxy) is 2. The van der Waals surface area contributed by atoms with E-state index in [2.05, 4.69) is 26.2 Å². The lowest BCUT2D eigenvalue weighted by Crippen LogP contribution is -2.53. The first-order valence-corrected chi connectivity index (χ1v) is 11.7. The summed E-state index contributed by atoms with van der Waals surface area (Å²) in [5.41, 5.74) is -0.356. The summed E-state index contributed by atoms with van der Waals surface area (Å²) >= 11 is 3.35. The van der Waals surface area contributed by atoms with Gasteiger partial charge in [-0.1, -0.05) is 0 Å². The molecule has 1 fully saturated rings. The van der Waals surface area contributed by atoms with Crippen LogP contribution in [-0.4, -0.2) is 66.4 Å². The van der Waals surface area contributed by atoms with Gasteiger partial charge in [0.05, 0.1) is 24.8 Å². The number of amides is 1. The number of esters is 1. The van der Waals surface area contributed by atoms with Gasteiger partial charge < -0.3 is 24.1 Å². The van der Waals surface area contributed by atoms with Gasteiger partial charge in [0, 0.05) is 36.7 Å². The second-order valence-electron chi connectivity index (χ2n) is 8.16. The van der Waals surface area contributed by atoms with Gasteiger partial charge in [-0.2, -0.15) is 13.2 Å². The van der Waals surface area contributed by atoms with Gasteiger partial charge in [-0.15, -0.1) is 0 Å². The van der Waals surface area contributed by atoms with E-state index in [9.17, 15) is 31.5 Å². The van der Waals surface area contributed by atoms with Crippen LogP contribution < -0.4 is 10.2 Å². The molecule has 8 nitrogen and oxygen atoms in total. The number of rotatable bonds is 6. The van der Waals surface area contributed by atoms with E-state index in [4.69, 9.17) is 9.47 Å². The lowest BCUT2D eigenvalue weighted by Gasteiger charge is -2.38. The average molecular weight is 591 g/mol. The van der Waals surface area contributed by atoms with Crippen molar-refractivity contribution < 1.29 is 41.0 Å². The number of pyridine rings is 1. The molecule has 1 saturated heterocycles. The van der Waals surface area contributed by atoms with Crippen LogP contribution in [0.5, 0.6) is 0 Å². The minimum absolute atomic E-state index is 0.0703. The fourth-order valence-corrected chi connectivity index (χ4v) is 4.53. The molecule has 1 amide bonds. The molecular formula is C23H20BrF5N4O4. The number of halogens is 6. The average Bonchev–Trinajstić information content (AvgIpc) is 3.35. The molecule has 37 heavy (non-hydrogen) atoms. The zero-order valence-electron chi connectivity index (χ0n) is 19.2. The summed E-state index contributed by atoms with van der Waals surface area (Å²) in [7, 11) is 1.09. The Morgan fingerprint density at radius 3 is 2.62 bits per heavy atom. The molecule has 2 atom stereocenters. The van der Waals surface area contributed by atoms with Crippen LogP contribution in [0.15, 0.2) is 41.1 Å². The number of nitrogens with zero attached hydrogens (tertiary/aromatic N) is 3. The topological polar surface area (TPSA) is 85.2 Å². The fourth-order valence-electron chi connectivity index (χ4n) is 4.10. The number of carbonyl (C=O) groups excluding carboxylic acids is 2. The standard InChI is InChI=1S/C23H20BrF5N4O4/c1-36-22(35)17(10-12-2-3-14(24)20-30-4-5-33(12)20)31-21(34)19-15(25)8-13(9-16(19)26)32-6-7-37-11-18(32)23(27,28)29/h2-5,8-9,17-18H,6-7,10-11H2,1H3,(H,31,34)/t17-,18+/m0/s1. The molecular weight excluding hydrogens is 571 g/mol. The van der Waals surface area contributed by atoms with E-state index in [1.54, 1.807) is 22.7 Å². The second-order valence-corrected chi connectivity index (χ2v) is 9.01. The van der Waals surface area contributed by atoms with Crippen molar-refractivity contribution in [3.8, 4) is 0 Å². The number of benzene rings is 1. The summed E-state index contributed by atoms with van der Waals surface area (Å²) in [6, 6.07) is 1.21. The summed E-state index contributed by atoms with van der Waals surface area (Å²) in [6.07, 6.45) is -1.66. The minimum Gasteiger partial charge on any atom is -0.467 e. The summed E-state index contributed by atoms with van der Waals surface area (Å²) in [5, 5.41) is 2.27. The van der Waals surface area contributed by atoms with Gasteiger partial charge in [0.25, 0.3) is 5.91 Å². The van der Waals surface area contributed by atoms with Gasteiger partial charge in [0.2, 0.25) is 0 Å². The zero-order chi connectivity index (χ0) is 26.9. The van der Waals surface area contributed by atoms with E-state index < -0.39 is 53.9 Å². The number of hydrogen-bond donors (Lipinski definition) is 1. The van der Waals surface area contributed by atoms with E-state index in [0.29, 0.717) is 27.9 Å². The molecule has 3 aromatic rings. The Hall–Kier alpha value is -3.26. The van der Waals surface area contributed by atoms with E-state index in [1.165, 1.54) is 6.20 Å². The number of alkyl halides is 3. The lowest BCUT2D eigenvalue weighted by atomic mass is 10.1. The van der Waals surface area contributed by atoms with Crippen molar-refractivity contribution in [3.63, 3.8) is 0 Å². The number of aromatic nitrogens is 2. The summed E-state index contributed by atoms with van der Waals surface area (Å²) in [4.78, 5) is 30.2. The molecule has 1 aliphatic rings.